The predicted molar refractivity (Wildman–Crippen MR) is 93.7 cm³/mol. The first-order valence-electron chi connectivity index (χ1n) is 8.23. The van der Waals surface area contributed by atoms with E-state index < -0.39 is 23.4 Å². The van der Waals surface area contributed by atoms with Crippen molar-refractivity contribution in [1.29, 1.82) is 0 Å². The molecule has 26 heavy (non-hydrogen) atoms. The third-order valence-electron chi connectivity index (χ3n) is 4.17. The van der Waals surface area contributed by atoms with Crippen molar-refractivity contribution in [2.24, 2.45) is 0 Å². The fourth-order valence-corrected chi connectivity index (χ4v) is 2.77. The summed E-state index contributed by atoms with van der Waals surface area (Å²) in [5.41, 5.74) is 0.688. The summed E-state index contributed by atoms with van der Waals surface area (Å²) >= 11 is 0. The number of H-pyrrole nitrogens is 1. The van der Waals surface area contributed by atoms with Crippen LogP contribution >= 0.6 is 0 Å². The Hall–Kier alpha value is -3.10. The molecule has 1 fully saturated rings. The lowest BCUT2D eigenvalue weighted by molar-refractivity contribution is -0.134. The van der Waals surface area contributed by atoms with E-state index in [9.17, 15) is 14.4 Å². The maximum atomic E-state index is 12.1. The molecule has 0 saturated carbocycles. The lowest BCUT2D eigenvalue weighted by atomic mass is 10.1. The van der Waals surface area contributed by atoms with Crippen LogP contribution in [0.15, 0.2) is 18.2 Å². The summed E-state index contributed by atoms with van der Waals surface area (Å²) < 4.78 is 5.17. The molecule has 1 aliphatic heterocycles. The molecular weight excluding hydrogens is 338 g/mol. The topological polar surface area (TPSA) is 116 Å². The molecular formula is C17H21N5O4. The minimum absolute atomic E-state index is 0.300. The number of carbonyl (C=O) groups is 3. The van der Waals surface area contributed by atoms with Gasteiger partial charge >= 0.3 is 6.03 Å². The molecule has 1 saturated heterocycles. The van der Waals surface area contributed by atoms with Crippen LogP contribution in [0.5, 0.6) is 5.75 Å². The zero-order chi connectivity index (χ0) is 18.9. The highest BCUT2D eigenvalue weighted by atomic mass is 16.5. The normalized spacial score (nSPS) is 16.0. The Kier molecular flexibility index (Phi) is 4.54. The molecule has 2 heterocycles. The second-order valence-electron chi connectivity index (χ2n) is 6.61. The Morgan fingerprint density at radius 3 is 2.77 bits per heavy atom. The predicted octanol–water partition coefficient (Wildman–Crippen LogP) is 0.561. The molecule has 1 aliphatic rings. The number of hydrogen-bond acceptors (Lipinski definition) is 5. The first-order chi connectivity index (χ1) is 12.3. The van der Waals surface area contributed by atoms with Crippen molar-refractivity contribution in [3.63, 3.8) is 0 Å². The van der Waals surface area contributed by atoms with Crippen LogP contribution in [-0.4, -0.2) is 58.5 Å². The van der Waals surface area contributed by atoms with Crippen molar-refractivity contribution in [1.82, 2.24) is 25.5 Å². The minimum atomic E-state index is -0.979. The van der Waals surface area contributed by atoms with Crippen LogP contribution in [0.3, 0.4) is 0 Å². The number of amides is 4. The monoisotopic (exact) mass is 359 g/mol. The molecule has 9 heteroatoms. The van der Waals surface area contributed by atoms with Gasteiger partial charge in [-0.2, -0.15) is 0 Å². The number of hydrogen-bond donors (Lipinski definition) is 3. The summed E-state index contributed by atoms with van der Waals surface area (Å²) in [6, 6.07) is 4.98. The molecule has 9 nitrogen and oxygen atoms in total. The lowest BCUT2D eigenvalue weighted by Crippen LogP contribution is -2.43. The van der Waals surface area contributed by atoms with Gasteiger partial charge in [-0.25, -0.2) is 9.78 Å². The number of ether oxygens (including phenoxy) is 1. The van der Waals surface area contributed by atoms with Gasteiger partial charge in [-0.1, -0.05) is 0 Å². The van der Waals surface area contributed by atoms with E-state index >= 15 is 0 Å². The molecule has 1 aromatic heterocycles. The Morgan fingerprint density at radius 2 is 2.12 bits per heavy atom. The van der Waals surface area contributed by atoms with Gasteiger partial charge in [-0.3, -0.25) is 14.5 Å². The van der Waals surface area contributed by atoms with Gasteiger partial charge in [0.15, 0.2) is 0 Å². The van der Waals surface area contributed by atoms with Gasteiger partial charge in [0.05, 0.1) is 18.1 Å². The van der Waals surface area contributed by atoms with Gasteiger partial charge in [0.2, 0.25) is 5.91 Å². The molecule has 0 unspecified atom stereocenters. The highest BCUT2D eigenvalue weighted by Crippen LogP contribution is 2.19. The molecule has 0 aliphatic carbocycles. The first kappa shape index (κ1) is 17.7. The Bertz CT molecular complexity index is 873. The number of nitrogens with one attached hydrogen (secondary N) is 3. The van der Waals surface area contributed by atoms with Crippen molar-refractivity contribution in [2.45, 2.75) is 25.8 Å². The lowest BCUT2D eigenvalue weighted by Gasteiger charge is -2.15. The molecule has 2 aromatic rings. The van der Waals surface area contributed by atoms with Crippen molar-refractivity contribution in [3.05, 3.63) is 24.0 Å². The summed E-state index contributed by atoms with van der Waals surface area (Å²) in [6.45, 7) is 3.23. The third kappa shape index (κ3) is 3.46. The van der Waals surface area contributed by atoms with Gasteiger partial charge in [0.1, 0.15) is 23.7 Å². The highest BCUT2D eigenvalue weighted by Gasteiger charge is 2.44. The molecule has 138 valence electrons. The van der Waals surface area contributed by atoms with E-state index in [1.807, 2.05) is 18.2 Å². The van der Waals surface area contributed by atoms with Crippen LogP contribution in [0.1, 0.15) is 19.7 Å². The molecule has 0 spiro atoms. The van der Waals surface area contributed by atoms with Gasteiger partial charge in [0.25, 0.3) is 5.91 Å². The average Bonchev–Trinajstić information content (AvgIpc) is 3.07. The first-order valence-corrected chi connectivity index (χ1v) is 8.23. The number of nitrogens with zero attached hydrogens (tertiary/aromatic N) is 2. The molecule has 0 radical (unpaired) electrons. The smallest absolute Gasteiger partial charge is 0.325 e. The van der Waals surface area contributed by atoms with Crippen LogP contribution in [0.25, 0.3) is 11.0 Å². The van der Waals surface area contributed by atoms with Crippen molar-refractivity contribution in [3.8, 4) is 5.75 Å². The zero-order valence-corrected chi connectivity index (χ0v) is 14.9. The summed E-state index contributed by atoms with van der Waals surface area (Å²) in [5, 5.41) is 5.23. The summed E-state index contributed by atoms with van der Waals surface area (Å²) in [4.78, 5) is 44.4. The highest BCUT2D eigenvalue weighted by molar-refractivity contribution is 6.08. The van der Waals surface area contributed by atoms with E-state index in [1.54, 1.807) is 21.0 Å². The number of urea groups is 1. The van der Waals surface area contributed by atoms with Crippen LogP contribution in [0.4, 0.5) is 4.79 Å². The van der Waals surface area contributed by atoms with Crippen molar-refractivity contribution in [2.75, 3.05) is 20.2 Å². The van der Waals surface area contributed by atoms with E-state index in [4.69, 9.17) is 4.74 Å². The largest absolute Gasteiger partial charge is 0.497 e. The minimum Gasteiger partial charge on any atom is -0.497 e. The van der Waals surface area contributed by atoms with Gasteiger partial charge in [-0.15, -0.1) is 0 Å². The van der Waals surface area contributed by atoms with Crippen LogP contribution in [0.2, 0.25) is 0 Å². The fourth-order valence-electron chi connectivity index (χ4n) is 2.77. The Morgan fingerprint density at radius 1 is 1.35 bits per heavy atom. The standard InChI is InChI=1S/C17H21N5O4/c1-17(2)15(24)22(16(25)21-17)9-14(23)18-7-6-13-19-11-5-4-10(26-3)8-12(11)20-13/h4-5,8H,6-7,9H2,1-3H3,(H,18,23)(H,19,20)(H,21,25). The number of benzene rings is 1. The van der Waals surface area contributed by atoms with Gasteiger partial charge in [-0.05, 0) is 26.0 Å². The Balaban J connectivity index is 1.52. The number of imide groups is 1. The second-order valence-corrected chi connectivity index (χ2v) is 6.61. The van der Waals surface area contributed by atoms with E-state index in [0.717, 1.165) is 27.5 Å². The number of carbonyl (C=O) groups excluding carboxylic acids is 3. The maximum Gasteiger partial charge on any atom is 0.325 e. The molecule has 1 aromatic carbocycles. The van der Waals surface area contributed by atoms with E-state index in [0.29, 0.717) is 13.0 Å². The van der Waals surface area contributed by atoms with E-state index in [-0.39, 0.29) is 6.54 Å². The number of methoxy groups -OCH3 is 1. The average molecular weight is 359 g/mol. The number of aromatic nitrogens is 2. The molecule has 3 rings (SSSR count). The van der Waals surface area contributed by atoms with Crippen LogP contribution in [-0.2, 0) is 16.0 Å². The molecule has 0 atom stereocenters. The second kappa shape index (κ2) is 6.66. The maximum absolute atomic E-state index is 12.1. The third-order valence-corrected chi connectivity index (χ3v) is 4.17. The van der Waals surface area contributed by atoms with E-state index in [2.05, 4.69) is 20.6 Å². The van der Waals surface area contributed by atoms with Crippen LogP contribution < -0.4 is 15.4 Å². The number of imidazole rings is 1. The molecule has 0 bridgehead atoms. The number of aromatic amines is 1. The quantitative estimate of drug-likeness (QED) is 0.652. The SMILES string of the molecule is COc1ccc2nc(CCNC(=O)CN3C(=O)NC(C)(C)C3=O)[nH]c2c1. The molecule has 4 amide bonds. The van der Waals surface area contributed by atoms with Gasteiger partial charge in [0, 0.05) is 19.0 Å². The van der Waals surface area contributed by atoms with Crippen molar-refractivity contribution >= 4 is 28.9 Å². The number of rotatable bonds is 6. The summed E-state index contributed by atoms with van der Waals surface area (Å²) in [6.07, 6.45) is 0.494. The number of fused-ring (bicyclic) bond motifs is 1. The fraction of sp³-hybridized carbons (Fsp3) is 0.412. The van der Waals surface area contributed by atoms with Crippen molar-refractivity contribution < 1.29 is 19.1 Å². The molecule has 3 N–H and O–H groups in total. The Labute approximate surface area is 150 Å². The van der Waals surface area contributed by atoms with Crippen LogP contribution in [0, 0.1) is 0 Å². The summed E-state index contributed by atoms with van der Waals surface area (Å²) in [5.74, 6) is 0.648. The van der Waals surface area contributed by atoms with E-state index in [1.165, 1.54) is 0 Å². The summed E-state index contributed by atoms with van der Waals surface area (Å²) in [7, 11) is 1.60. The zero-order valence-electron chi connectivity index (χ0n) is 14.9. The van der Waals surface area contributed by atoms with Gasteiger partial charge < -0.3 is 20.4 Å².